The van der Waals surface area contributed by atoms with Crippen molar-refractivity contribution in [3.63, 3.8) is 0 Å². The minimum absolute atomic E-state index is 0.0905. The number of benzene rings is 1. The van der Waals surface area contributed by atoms with Crippen LogP contribution in [0.2, 0.25) is 5.02 Å². The highest BCUT2D eigenvalue weighted by Crippen LogP contribution is 2.31. The van der Waals surface area contributed by atoms with E-state index in [4.69, 9.17) is 11.6 Å². The first-order valence-corrected chi connectivity index (χ1v) is 10.1. The first-order valence-electron chi connectivity index (χ1n) is 9.69. The molecule has 2 rings (SSSR count). The molecule has 0 fully saturated rings. The molecule has 1 N–H and O–H groups in total. The van der Waals surface area contributed by atoms with E-state index in [2.05, 4.69) is 6.92 Å². The average Bonchev–Trinajstić information content (AvgIpc) is 2.90. The van der Waals surface area contributed by atoms with Crippen molar-refractivity contribution >= 4 is 29.0 Å². The minimum Gasteiger partial charge on any atom is -0.395 e. The Morgan fingerprint density at radius 1 is 1.00 bits per heavy atom. The molecule has 1 aliphatic heterocycles. The van der Waals surface area contributed by atoms with E-state index in [0.717, 1.165) is 19.3 Å². The monoisotopic (exact) mass is 392 g/mol. The van der Waals surface area contributed by atoms with E-state index >= 15 is 0 Å². The number of nitrogens with zero attached hydrogens (tertiary/aromatic N) is 2. The number of carbonyl (C=O) groups is 2. The van der Waals surface area contributed by atoms with E-state index in [-0.39, 0.29) is 25.0 Å². The fourth-order valence-corrected chi connectivity index (χ4v) is 3.44. The van der Waals surface area contributed by atoms with Gasteiger partial charge in [0.25, 0.3) is 11.8 Å². The second-order valence-electron chi connectivity index (χ2n) is 6.91. The third-order valence-corrected chi connectivity index (χ3v) is 5.08. The molecule has 0 saturated heterocycles. The number of rotatable bonds is 11. The standard InChI is InChI=1S/C21H29ClN2O3/c1-3-4-5-6-7-8-13-24-20(26)18(16-9-11-17(22)12-10-16)19(21(24)27)23(2)14-15-25/h9-12,25H,3-8,13-15H2,1-2H3. The molecule has 27 heavy (non-hydrogen) atoms. The van der Waals surface area contributed by atoms with Crippen LogP contribution in [0.4, 0.5) is 0 Å². The highest BCUT2D eigenvalue weighted by Gasteiger charge is 2.40. The summed E-state index contributed by atoms with van der Waals surface area (Å²) in [5.74, 6) is -0.551. The molecule has 1 aromatic carbocycles. The largest absolute Gasteiger partial charge is 0.395 e. The van der Waals surface area contributed by atoms with Crippen LogP contribution in [0.1, 0.15) is 51.0 Å². The maximum Gasteiger partial charge on any atom is 0.277 e. The zero-order valence-corrected chi connectivity index (χ0v) is 17.0. The molecule has 148 valence electrons. The van der Waals surface area contributed by atoms with E-state index in [1.807, 2.05) is 0 Å². The Bertz CT molecular complexity index is 685. The second kappa shape index (κ2) is 10.5. The SMILES string of the molecule is CCCCCCCCN1C(=O)C(c2ccc(Cl)cc2)=C(N(C)CCO)C1=O. The molecule has 5 nitrogen and oxygen atoms in total. The summed E-state index contributed by atoms with van der Waals surface area (Å²) in [6.07, 6.45) is 6.55. The Kier molecular flexibility index (Phi) is 8.32. The molecule has 0 spiro atoms. The summed E-state index contributed by atoms with van der Waals surface area (Å²) in [5, 5.41) is 9.84. The quantitative estimate of drug-likeness (QED) is 0.460. The van der Waals surface area contributed by atoms with Crippen molar-refractivity contribution in [2.24, 2.45) is 0 Å². The van der Waals surface area contributed by atoms with Crippen molar-refractivity contribution in [3.05, 3.63) is 40.5 Å². The number of imide groups is 1. The van der Waals surface area contributed by atoms with Gasteiger partial charge >= 0.3 is 0 Å². The molecule has 0 atom stereocenters. The highest BCUT2D eigenvalue weighted by atomic mass is 35.5. The van der Waals surface area contributed by atoms with Gasteiger partial charge in [-0.15, -0.1) is 0 Å². The van der Waals surface area contributed by atoms with Gasteiger partial charge in [-0.3, -0.25) is 14.5 Å². The van der Waals surface area contributed by atoms with Crippen LogP contribution in [0.25, 0.3) is 5.57 Å². The van der Waals surface area contributed by atoms with E-state index < -0.39 is 0 Å². The predicted octanol–water partition coefficient (Wildman–Crippen LogP) is 3.70. The van der Waals surface area contributed by atoms with Gasteiger partial charge < -0.3 is 10.0 Å². The van der Waals surface area contributed by atoms with Gasteiger partial charge in [-0.2, -0.15) is 0 Å². The Morgan fingerprint density at radius 2 is 1.63 bits per heavy atom. The molecule has 6 heteroatoms. The number of amides is 2. The predicted molar refractivity (Wildman–Crippen MR) is 108 cm³/mol. The average molecular weight is 393 g/mol. The topological polar surface area (TPSA) is 60.9 Å². The fourth-order valence-electron chi connectivity index (χ4n) is 3.31. The van der Waals surface area contributed by atoms with E-state index in [9.17, 15) is 14.7 Å². The summed E-state index contributed by atoms with van der Waals surface area (Å²) < 4.78 is 0. The van der Waals surface area contributed by atoms with E-state index in [1.54, 1.807) is 36.2 Å². The lowest BCUT2D eigenvalue weighted by Crippen LogP contribution is -2.35. The zero-order valence-electron chi connectivity index (χ0n) is 16.2. The van der Waals surface area contributed by atoms with Crippen molar-refractivity contribution in [3.8, 4) is 0 Å². The Hall–Kier alpha value is -1.85. The van der Waals surface area contributed by atoms with Gasteiger partial charge in [0.1, 0.15) is 5.70 Å². The van der Waals surface area contributed by atoms with Crippen molar-refractivity contribution in [2.75, 3.05) is 26.7 Å². The first-order chi connectivity index (χ1) is 13.0. The molecule has 1 heterocycles. The van der Waals surface area contributed by atoms with Crippen LogP contribution >= 0.6 is 11.6 Å². The third-order valence-electron chi connectivity index (χ3n) is 4.83. The van der Waals surface area contributed by atoms with Crippen LogP contribution in [-0.2, 0) is 9.59 Å². The van der Waals surface area contributed by atoms with Crippen LogP contribution < -0.4 is 0 Å². The first kappa shape index (κ1) is 21.5. The normalized spacial score (nSPS) is 14.4. The Labute approximate surface area is 166 Å². The summed E-state index contributed by atoms with van der Waals surface area (Å²) in [6, 6.07) is 6.93. The molecule has 1 aliphatic rings. The van der Waals surface area contributed by atoms with Gasteiger partial charge in [0.05, 0.1) is 12.2 Å². The van der Waals surface area contributed by atoms with Gasteiger partial charge in [0.2, 0.25) is 0 Å². The Balaban J connectivity index is 2.17. The number of hydrogen-bond acceptors (Lipinski definition) is 4. The molecule has 0 bridgehead atoms. The van der Waals surface area contributed by atoms with Gasteiger partial charge in [-0.25, -0.2) is 0 Å². The maximum atomic E-state index is 13.0. The molecule has 0 unspecified atom stereocenters. The Morgan fingerprint density at radius 3 is 2.26 bits per heavy atom. The molecule has 0 radical (unpaired) electrons. The number of hydrogen-bond donors (Lipinski definition) is 1. The highest BCUT2D eigenvalue weighted by molar-refractivity contribution is 6.36. The van der Waals surface area contributed by atoms with Crippen molar-refractivity contribution in [1.82, 2.24) is 9.80 Å². The molecule has 2 amide bonds. The number of likely N-dealkylation sites (N-methyl/N-ethyl adjacent to an activating group) is 1. The summed E-state index contributed by atoms with van der Waals surface area (Å²) in [5.41, 5.74) is 1.41. The zero-order chi connectivity index (χ0) is 19.8. The van der Waals surface area contributed by atoms with Gasteiger partial charge in [-0.05, 0) is 24.1 Å². The summed E-state index contributed by atoms with van der Waals surface area (Å²) in [6.45, 7) is 2.80. The lowest BCUT2D eigenvalue weighted by molar-refractivity contribution is -0.137. The smallest absolute Gasteiger partial charge is 0.277 e. The molecule has 0 saturated carbocycles. The van der Waals surface area contributed by atoms with Gasteiger partial charge in [0, 0.05) is 25.2 Å². The van der Waals surface area contributed by atoms with E-state index in [0.29, 0.717) is 28.4 Å². The van der Waals surface area contributed by atoms with Crippen LogP contribution in [0.5, 0.6) is 0 Å². The number of halogens is 1. The van der Waals surface area contributed by atoms with Gasteiger partial charge in [0.15, 0.2) is 0 Å². The fraction of sp³-hybridized carbons (Fsp3) is 0.524. The molecular weight excluding hydrogens is 364 g/mol. The summed E-state index contributed by atoms with van der Waals surface area (Å²) in [7, 11) is 1.72. The number of unbranched alkanes of at least 4 members (excludes halogenated alkanes) is 5. The van der Waals surface area contributed by atoms with E-state index in [1.165, 1.54) is 24.2 Å². The van der Waals surface area contributed by atoms with Crippen molar-refractivity contribution in [2.45, 2.75) is 45.4 Å². The number of aliphatic hydroxyl groups is 1. The molecular formula is C21H29ClN2O3. The van der Waals surface area contributed by atoms with Crippen molar-refractivity contribution in [1.29, 1.82) is 0 Å². The second-order valence-corrected chi connectivity index (χ2v) is 7.34. The van der Waals surface area contributed by atoms with Crippen LogP contribution in [0.3, 0.4) is 0 Å². The lowest BCUT2D eigenvalue weighted by atomic mass is 10.0. The van der Waals surface area contributed by atoms with Gasteiger partial charge in [-0.1, -0.05) is 62.8 Å². The molecule has 0 aromatic heterocycles. The van der Waals surface area contributed by atoms with Crippen LogP contribution in [-0.4, -0.2) is 53.5 Å². The number of aliphatic hydroxyl groups excluding tert-OH is 1. The summed E-state index contributed by atoms with van der Waals surface area (Å²) >= 11 is 5.96. The lowest BCUT2D eigenvalue weighted by Gasteiger charge is -2.20. The molecule has 0 aliphatic carbocycles. The van der Waals surface area contributed by atoms with Crippen LogP contribution in [0.15, 0.2) is 30.0 Å². The minimum atomic E-state index is -0.283. The third kappa shape index (κ3) is 5.33. The summed E-state index contributed by atoms with van der Waals surface area (Å²) in [4.78, 5) is 29.0. The molecule has 1 aromatic rings. The van der Waals surface area contributed by atoms with Crippen LogP contribution in [0, 0.1) is 0 Å². The van der Waals surface area contributed by atoms with Crippen molar-refractivity contribution < 1.29 is 14.7 Å². The maximum absolute atomic E-state index is 13.0. The number of carbonyl (C=O) groups excluding carboxylic acids is 2.